The maximum atomic E-state index is 12.0. The van der Waals surface area contributed by atoms with Gasteiger partial charge in [0, 0.05) is 11.2 Å². The largest absolute Gasteiger partial charge is 0.478 e. The van der Waals surface area contributed by atoms with E-state index < -0.39 is 27.1 Å². The number of pyridine rings is 1. The number of nitrogens with zero attached hydrogens (tertiary/aromatic N) is 5. The summed E-state index contributed by atoms with van der Waals surface area (Å²) in [6, 6.07) is 7.46. The van der Waals surface area contributed by atoms with Crippen molar-refractivity contribution in [1.29, 1.82) is 0 Å². The van der Waals surface area contributed by atoms with Crippen LogP contribution < -0.4 is 5.32 Å². The number of amidine groups is 1. The fraction of sp³-hybridized carbons (Fsp3) is 0.261. The van der Waals surface area contributed by atoms with E-state index >= 15 is 0 Å². The normalized spacial score (nSPS) is 16.8. The number of halogens is 5. The smallest absolute Gasteiger partial charge is 0.375 e. The van der Waals surface area contributed by atoms with Gasteiger partial charge in [-0.2, -0.15) is 0 Å². The molecule has 1 aliphatic rings. The van der Waals surface area contributed by atoms with Crippen LogP contribution in [-0.2, 0) is 8.59 Å². The Kier molecular flexibility index (Phi) is 9.13. The predicted octanol–water partition coefficient (Wildman–Crippen LogP) is 5.17. The van der Waals surface area contributed by atoms with E-state index in [0.29, 0.717) is 5.02 Å². The van der Waals surface area contributed by atoms with Crippen LogP contribution in [0.15, 0.2) is 41.5 Å². The minimum absolute atomic E-state index is 0.00184. The van der Waals surface area contributed by atoms with E-state index in [1.165, 1.54) is 36.5 Å². The van der Waals surface area contributed by atoms with E-state index in [2.05, 4.69) is 25.4 Å². The van der Waals surface area contributed by atoms with Gasteiger partial charge < -0.3 is 15.5 Å². The van der Waals surface area contributed by atoms with Crippen LogP contribution in [0.5, 0.6) is 0 Å². The van der Waals surface area contributed by atoms with Gasteiger partial charge in [-0.25, -0.2) is 24.2 Å². The lowest BCUT2D eigenvalue weighted by atomic mass is 9.89. The van der Waals surface area contributed by atoms with Crippen molar-refractivity contribution in [3.05, 3.63) is 69.5 Å². The quantitative estimate of drug-likeness (QED) is 0.324. The molecule has 0 bridgehead atoms. The Labute approximate surface area is 246 Å². The topological polar surface area (TPSA) is 160 Å². The number of carboxylic acid groups (broad SMARTS) is 2. The molecule has 1 atom stereocenters. The van der Waals surface area contributed by atoms with Crippen LogP contribution in [-0.4, -0.2) is 59.2 Å². The molecule has 3 aromatic rings. The Morgan fingerprint density at radius 3 is 2.28 bits per heavy atom. The third-order valence-electron chi connectivity index (χ3n) is 5.61. The minimum atomic E-state index is -1.97. The number of hydrogen-bond acceptors (Lipinski definition) is 7. The Balaban J connectivity index is 0.000000216. The average Bonchev–Trinajstić information content (AvgIpc) is 3.42. The molecule has 1 aromatic carbocycles. The number of carboxylic acids is 2. The zero-order chi connectivity index (χ0) is 29.3. The minimum Gasteiger partial charge on any atom is -0.478 e. The van der Waals surface area contributed by atoms with Gasteiger partial charge >= 0.3 is 11.9 Å². The van der Waals surface area contributed by atoms with Crippen molar-refractivity contribution in [3.63, 3.8) is 0 Å². The number of benzene rings is 1. The summed E-state index contributed by atoms with van der Waals surface area (Å²) in [6.45, 7) is 5.51. The van der Waals surface area contributed by atoms with Gasteiger partial charge in [0.1, 0.15) is 11.2 Å². The lowest BCUT2D eigenvalue weighted by molar-refractivity contribution is -0.124. The summed E-state index contributed by atoms with van der Waals surface area (Å²) in [6.07, 6.45) is 1.47. The molecule has 3 N–H and O–H groups in total. The second-order valence-electron chi connectivity index (χ2n) is 8.49. The van der Waals surface area contributed by atoms with Crippen LogP contribution in [0, 0.1) is 5.92 Å². The highest BCUT2D eigenvalue weighted by atomic mass is 35.6. The van der Waals surface area contributed by atoms with Crippen LogP contribution in [0.3, 0.4) is 0 Å². The number of aromatic nitrogens is 4. The summed E-state index contributed by atoms with van der Waals surface area (Å²) in [4.78, 5) is 46.1. The summed E-state index contributed by atoms with van der Waals surface area (Å²) in [7, 11) is 0. The molecule has 0 saturated carbocycles. The molecule has 1 aliphatic heterocycles. The molecule has 0 spiro atoms. The first kappa shape index (κ1) is 30.6. The highest BCUT2D eigenvalue weighted by Gasteiger charge is 2.43. The van der Waals surface area contributed by atoms with E-state index in [0.717, 1.165) is 4.68 Å². The van der Waals surface area contributed by atoms with E-state index in [4.69, 9.17) is 68.2 Å². The van der Waals surface area contributed by atoms with Gasteiger partial charge in [0.15, 0.2) is 11.7 Å². The third kappa shape index (κ3) is 6.62. The summed E-state index contributed by atoms with van der Waals surface area (Å²) < 4.78 is -0.918. The molecule has 0 radical (unpaired) electrons. The molecule has 1 amide bonds. The molecule has 206 valence electrons. The van der Waals surface area contributed by atoms with Crippen LogP contribution in [0.2, 0.25) is 10.0 Å². The third-order valence-corrected chi connectivity index (χ3v) is 6.66. The number of hydrogen-bond donors (Lipinski definition) is 3. The van der Waals surface area contributed by atoms with Gasteiger partial charge in [-0.1, -0.05) is 71.9 Å². The molecule has 3 heterocycles. The van der Waals surface area contributed by atoms with Crippen LogP contribution >= 0.6 is 58.0 Å². The number of aliphatic imine (C=N–C) groups is 1. The molecule has 0 saturated heterocycles. The highest BCUT2D eigenvalue weighted by molar-refractivity contribution is 6.66. The van der Waals surface area contributed by atoms with Gasteiger partial charge in [-0.3, -0.25) is 9.78 Å². The number of aromatic carboxylic acids is 2. The number of nitrogens with one attached hydrogen (secondary N) is 1. The first-order chi connectivity index (χ1) is 18.1. The molecule has 11 nitrogen and oxygen atoms in total. The Bertz CT molecular complexity index is 1490. The average molecular weight is 637 g/mol. The van der Waals surface area contributed by atoms with Crippen molar-refractivity contribution < 1.29 is 24.6 Å². The van der Waals surface area contributed by atoms with Crippen molar-refractivity contribution in [1.82, 2.24) is 25.1 Å². The summed E-state index contributed by atoms with van der Waals surface area (Å²) in [5.74, 6) is -3.18. The van der Waals surface area contributed by atoms with Crippen molar-refractivity contribution in [2.24, 2.45) is 10.9 Å². The SMILES string of the molecule is CC(C)C1(C)N=C(c2ncccc2C(=O)O)NC1=O.O=C(O)c1nc(C(Cl)(Cl)Cl)n(-c2ccc(Cl)cc2Cl)n1. The maximum absolute atomic E-state index is 12.0. The van der Waals surface area contributed by atoms with E-state index in [-0.39, 0.29) is 45.5 Å². The van der Waals surface area contributed by atoms with Gasteiger partial charge in [0.25, 0.3) is 11.7 Å². The molecule has 0 fully saturated rings. The first-order valence-corrected chi connectivity index (χ1v) is 12.8. The van der Waals surface area contributed by atoms with Crippen molar-refractivity contribution in [2.45, 2.75) is 30.1 Å². The van der Waals surface area contributed by atoms with Crippen LogP contribution in [0.1, 0.15) is 53.3 Å². The summed E-state index contributed by atoms with van der Waals surface area (Å²) in [5.41, 5.74) is -0.387. The van der Waals surface area contributed by atoms with Crippen molar-refractivity contribution in [2.75, 3.05) is 0 Å². The summed E-state index contributed by atoms with van der Waals surface area (Å²) in [5, 5.41) is 25.0. The zero-order valence-electron chi connectivity index (χ0n) is 20.3. The van der Waals surface area contributed by atoms with Crippen LogP contribution in [0.25, 0.3) is 5.69 Å². The molecular weight excluding hydrogens is 618 g/mol. The number of alkyl halides is 3. The van der Waals surface area contributed by atoms with Crippen molar-refractivity contribution >= 4 is 81.7 Å². The second-order valence-corrected chi connectivity index (χ2v) is 11.6. The Morgan fingerprint density at radius 1 is 1.10 bits per heavy atom. The van der Waals surface area contributed by atoms with E-state index in [1.807, 2.05) is 13.8 Å². The lowest BCUT2D eigenvalue weighted by Crippen LogP contribution is -2.41. The maximum Gasteiger partial charge on any atom is 0.375 e. The van der Waals surface area contributed by atoms with Gasteiger partial charge in [-0.05, 0) is 43.2 Å². The first-order valence-electron chi connectivity index (χ1n) is 10.9. The number of carbonyl (C=O) groups is 3. The molecular formula is C23H19Cl5N6O5. The molecule has 16 heteroatoms. The number of amides is 1. The molecule has 39 heavy (non-hydrogen) atoms. The highest BCUT2D eigenvalue weighted by Crippen LogP contribution is 2.39. The fourth-order valence-corrected chi connectivity index (χ4v) is 4.08. The van der Waals surface area contributed by atoms with E-state index in [9.17, 15) is 14.4 Å². The standard InChI is InChI=1S/C13H15N3O3.C10H4Cl5N3O2/c1-7(2)13(3)12(19)15-10(16-13)9-8(11(17)18)5-4-6-14-9;11-4-1-2-6(5(12)3-4)18-9(10(13,14)15)16-7(17-18)8(19)20/h4-7H,1-3H3,(H,17,18)(H,15,16,19);1-3H,(H,19,20). The fourth-order valence-electron chi connectivity index (χ4n) is 3.22. The Morgan fingerprint density at radius 2 is 1.77 bits per heavy atom. The zero-order valence-corrected chi connectivity index (χ0v) is 24.1. The van der Waals surface area contributed by atoms with Crippen LogP contribution in [0.4, 0.5) is 0 Å². The second kappa shape index (κ2) is 11.6. The van der Waals surface area contributed by atoms with Gasteiger partial charge in [0.05, 0.1) is 16.3 Å². The van der Waals surface area contributed by atoms with Gasteiger partial charge in [0.2, 0.25) is 3.79 Å². The van der Waals surface area contributed by atoms with Crippen molar-refractivity contribution in [3.8, 4) is 5.69 Å². The molecule has 2 aromatic heterocycles. The predicted molar refractivity (Wildman–Crippen MR) is 147 cm³/mol. The lowest BCUT2D eigenvalue weighted by Gasteiger charge is -2.21. The van der Waals surface area contributed by atoms with E-state index in [1.54, 1.807) is 6.92 Å². The van der Waals surface area contributed by atoms with Gasteiger partial charge in [-0.15, -0.1) is 5.10 Å². The Hall–Kier alpha value is -2.96. The molecule has 1 unspecified atom stereocenters. The molecule has 0 aliphatic carbocycles. The number of rotatable bonds is 5. The summed E-state index contributed by atoms with van der Waals surface area (Å²) >= 11 is 29.1. The monoisotopic (exact) mass is 634 g/mol. The molecule has 4 rings (SSSR count). The number of carbonyl (C=O) groups excluding carboxylic acids is 1.